The summed E-state index contributed by atoms with van der Waals surface area (Å²) in [5, 5.41) is 47.8. The van der Waals surface area contributed by atoms with Gasteiger partial charge in [0, 0.05) is 17.1 Å². The van der Waals surface area contributed by atoms with Crippen molar-refractivity contribution in [3.63, 3.8) is 0 Å². The average molecular weight is 388 g/mol. The summed E-state index contributed by atoms with van der Waals surface area (Å²) in [7, 11) is -3.13. The van der Waals surface area contributed by atoms with E-state index in [0.29, 0.717) is 0 Å². The van der Waals surface area contributed by atoms with Crippen molar-refractivity contribution in [1.82, 2.24) is 0 Å². The summed E-state index contributed by atoms with van der Waals surface area (Å²) in [6, 6.07) is 0. The average Bonchev–Trinajstić information content (AvgIpc) is 2.11. The summed E-state index contributed by atoms with van der Waals surface area (Å²) in [5.41, 5.74) is -2.74. The van der Waals surface area contributed by atoms with Crippen LogP contribution in [-0.2, 0) is 35.9 Å². The molecule has 0 saturated heterocycles. The van der Waals surface area contributed by atoms with Crippen molar-refractivity contribution >= 4 is 33.2 Å². The van der Waals surface area contributed by atoms with Crippen molar-refractivity contribution in [2.45, 2.75) is 18.4 Å². The molecule has 0 aliphatic rings. The Labute approximate surface area is 133 Å². The molecule has 0 amide bonds. The molecule has 0 spiro atoms. The molecule has 8 N–H and O–H groups in total. The summed E-state index contributed by atoms with van der Waals surface area (Å²) < 4.78 is 8.74. The first-order chi connectivity index (χ1) is 9.24. The van der Waals surface area contributed by atoms with E-state index in [-0.39, 0.29) is 17.1 Å². The van der Waals surface area contributed by atoms with E-state index in [0.717, 1.165) is 0 Å². The molecule has 0 radical (unpaired) electrons. The zero-order chi connectivity index (χ0) is 17.8. The maximum absolute atomic E-state index is 10.3. The second kappa shape index (κ2) is 13.7. The Morgan fingerprint density at radius 2 is 1.00 bits per heavy atom. The van der Waals surface area contributed by atoms with E-state index in [1.807, 2.05) is 0 Å². The standard InChI is InChI=1S/C6H8O7.CH2O3.Fe.H2O3Si/c7-3(8)1-6(13,5(11)12)2-4(9)10;2-1(3)4;;1-4(2)3/h13H,1-2H2,(H,7,8)(H,9,10)(H,11,12);(H2,2,3,4);;1-2H. The molecule has 13 nitrogen and oxygen atoms in total. The van der Waals surface area contributed by atoms with Crippen LogP contribution in [0.2, 0.25) is 0 Å². The Hall–Kier alpha value is -2.22. The van der Waals surface area contributed by atoms with E-state index in [4.69, 9.17) is 49.5 Å². The number of carboxylic acids is 3. The molecule has 0 aromatic heterocycles. The molecule has 0 aromatic rings. The largest absolute Gasteiger partial charge is 0.761 e. The Morgan fingerprint density at radius 1 is 0.818 bits per heavy atom. The zero-order valence-corrected chi connectivity index (χ0v) is 12.5. The second-order valence-corrected chi connectivity index (χ2v) is 3.61. The van der Waals surface area contributed by atoms with Gasteiger partial charge in [-0.15, -0.1) is 0 Å². The molecule has 0 aliphatic heterocycles. The number of aliphatic hydroxyl groups is 1. The van der Waals surface area contributed by atoms with Crippen molar-refractivity contribution < 1.29 is 80.9 Å². The van der Waals surface area contributed by atoms with Gasteiger partial charge in [-0.25, -0.2) is 9.59 Å². The predicted molar refractivity (Wildman–Crippen MR) is 58.6 cm³/mol. The summed E-state index contributed by atoms with van der Waals surface area (Å²) in [4.78, 5) is 53.4. The van der Waals surface area contributed by atoms with Crippen molar-refractivity contribution in [2.75, 3.05) is 0 Å². The molecular formula is C7H12FeO13Si. The van der Waals surface area contributed by atoms with E-state index in [2.05, 4.69) is 0 Å². The molecule has 0 aromatic carbocycles. The molecule has 0 atom stereocenters. The van der Waals surface area contributed by atoms with Gasteiger partial charge in [0.25, 0.3) is 0 Å². The normalized spacial score (nSPS) is 8.59. The van der Waals surface area contributed by atoms with Gasteiger partial charge >= 0.3 is 33.2 Å². The minimum atomic E-state index is -3.13. The van der Waals surface area contributed by atoms with Gasteiger partial charge in [0.1, 0.15) is 0 Å². The van der Waals surface area contributed by atoms with Crippen molar-refractivity contribution in [3.05, 3.63) is 0 Å². The number of carboxylic acid groups (broad SMARTS) is 5. The fourth-order valence-corrected chi connectivity index (χ4v) is 0.714. The third-order valence-corrected chi connectivity index (χ3v) is 1.29. The fourth-order valence-electron chi connectivity index (χ4n) is 0.714. The summed E-state index contributed by atoms with van der Waals surface area (Å²) >= 11 is 0. The van der Waals surface area contributed by atoms with E-state index in [1.165, 1.54) is 0 Å². The molecule has 130 valence electrons. The van der Waals surface area contributed by atoms with Crippen LogP contribution in [-0.4, -0.2) is 79.1 Å². The van der Waals surface area contributed by atoms with Crippen molar-refractivity contribution in [1.29, 1.82) is 0 Å². The van der Waals surface area contributed by atoms with Gasteiger partial charge in [-0.3, -0.25) is 14.1 Å². The van der Waals surface area contributed by atoms with Crippen LogP contribution >= 0.6 is 0 Å². The van der Waals surface area contributed by atoms with Crippen LogP contribution in [0.4, 0.5) is 4.79 Å². The summed E-state index contributed by atoms with van der Waals surface area (Å²) in [6.45, 7) is 0. The van der Waals surface area contributed by atoms with Gasteiger partial charge in [-0.1, -0.05) is 0 Å². The third kappa shape index (κ3) is 26.4. The van der Waals surface area contributed by atoms with Crippen molar-refractivity contribution in [2.24, 2.45) is 0 Å². The van der Waals surface area contributed by atoms with Crippen LogP contribution in [0, 0.1) is 0 Å². The molecule has 0 rings (SSSR count). The van der Waals surface area contributed by atoms with Crippen LogP contribution in [0.5, 0.6) is 0 Å². The summed E-state index contributed by atoms with van der Waals surface area (Å²) in [6.07, 6.45) is -4.12. The molecule has 0 aliphatic carbocycles. The molecule has 15 heteroatoms. The minimum Gasteiger partial charge on any atom is -0.511 e. The molecule has 0 bridgehead atoms. The van der Waals surface area contributed by atoms with Gasteiger partial charge in [0.2, 0.25) is 0 Å². The molecular weight excluding hydrogens is 376 g/mol. The Kier molecular flexibility index (Phi) is 17.5. The van der Waals surface area contributed by atoms with Crippen LogP contribution < -0.4 is 0 Å². The number of hydrogen-bond acceptors (Lipinski definition) is 6. The minimum absolute atomic E-state index is 0. The molecule has 0 saturated carbocycles. The van der Waals surface area contributed by atoms with Gasteiger partial charge < -0.3 is 40.2 Å². The van der Waals surface area contributed by atoms with E-state index < -0.39 is 51.7 Å². The number of carbonyl (C=O) groups is 4. The Morgan fingerprint density at radius 3 is 1.09 bits per heavy atom. The van der Waals surface area contributed by atoms with Crippen LogP contribution in [0.15, 0.2) is 0 Å². The van der Waals surface area contributed by atoms with Crippen molar-refractivity contribution in [3.8, 4) is 0 Å². The molecule has 0 heterocycles. The third-order valence-electron chi connectivity index (χ3n) is 1.29. The van der Waals surface area contributed by atoms with Crippen LogP contribution in [0.25, 0.3) is 0 Å². The van der Waals surface area contributed by atoms with Gasteiger partial charge in [0.05, 0.1) is 12.8 Å². The predicted octanol–water partition coefficient (Wildman–Crippen LogP) is -2.64. The van der Waals surface area contributed by atoms with Crippen LogP contribution in [0.3, 0.4) is 0 Å². The fraction of sp³-hybridized carbons (Fsp3) is 0.429. The number of aliphatic carboxylic acids is 3. The quantitative estimate of drug-likeness (QED) is 0.225. The van der Waals surface area contributed by atoms with Gasteiger partial charge in [0.15, 0.2) is 5.60 Å². The van der Waals surface area contributed by atoms with E-state index in [1.54, 1.807) is 0 Å². The van der Waals surface area contributed by atoms with Crippen LogP contribution in [0.1, 0.15) is 12.8 Å². The monoisotopic (exact) mass is 388 g/mol. The topological polar surface area (TPSA) is 247 Å². The Bertz CT molecular complexity index is 371. The first-order valence-electron chi connectivity index (χ1n) is 4.47. The second-order valence-electron chi connectivity index (χ2n) is 3.04. The number of rotatable bonds is 5. The summed E-state index contributed by atoms with van der Waals surface area (Å²) in [5.74, 6) is -5.02. The van der Waals surface area contributed by atoms with Gasteiger partial charge in [-0.05, 0) is 0 Å². The first kappa shape index (κ1) is 28.0. The maximum Gasteiger partial charge on any atom is 0.761 e. The van der Waals surface area contributed by atoms with E-state index in [9.17, 15) is 14.4 Å². The molecule has 0 fully saturated rings. The zero-order valence-electron chi connectivity index (χ0n) is 10.4. The SMILES string of the molecule is O=C(O)CC(O)(CC(=O)O)C(=O)O.O=C(O)O.O=[Si](O)O.[Fe]. The molecule has 0 unspecified atom stereocenters. The van der Waals surface area contributed by atoms with Gasteiger partial charge in [-0.2, -0.15) is 0 Å². The molecule has 22 heavy (non-hydrogen) atoms. The number of hydrogen-bond donors (Lipinski definition) is 8. The smallest absolute Gasteiger partial charge is 0.511 e. The Balaban J connectivity index is -0.000000150. The van der Waals surface area contributed by atoms with E-state index >= 15 is 0 Å². The maximum atomic E-state index is 10.3. The first-order valence-corrected chi connectivity index (χ1v) is 5.78.